The van der Waals surface area contributed by atoms with E-state index in [1.54, 1.807) is 17.1 Å². The predicted octanol–water partition coefficient (Wildman–Crippen LogP) is 5.47. The standard InChI is InChI=1S/C21H21Cl3N4O/c22-15-6-4-14(5-7-15)20-13-18(21(29)26-27-10-2-1-3-11-27)25-28(20)19-9-8-16(23)12-17(19)24/h4-9,12,20H,1-3,10-11,13H2,(H,26,29)/t20-/m0/s1. The van der Waals surface area contributed by atoms with Crippen molar-refractivity contribution in [3.05, 3.63) is 63.1 Å². The topological polar surface area (TPSA) is 47.9 Å². The number of piperidine rings is 1. The van der Waals surface area contributed by atoms with E-state index in [9.17, 15) is 4.79 Å². The number of anilines is 1. The Bertz CT molecular complexity index is 926. The quantitative estimate of drug-likeness (QED) is 0.670. The second-order valence-corrected chi connectivity index (χ2v) is 8.53. The molecule has 2 aromatic carbocycles. The van der Waals surface area contributed by atoms with Gasteiger partial charge in [-0.25, -0.2) is 5.01 Å². The van der Waals surface area contributed by atoms with Gasteiger partial charge in [0.2, 0.25) is 0 Å². The van der Waals surface area contributed by atoms with Crippen molar-refractivity contribution in [3.8, 4) is 0 Å². The van der Waals surface area contributed by atoms with E-state index in [-0.39, 0.29) is 11.9 Å². The van der Waals surface area contributed by atoms with E-state index in [2.05, 4.69) is 10.5 Å². The molecule has 2 aliphatic rings. The summed E-state index contributed by atoms with van der Waals surface area (Å²) in [6.45, 7) is 1.73. The number of amides is 1. The van der Waals surface area contributed by atoms with Crippen molar-refractivity contribution < 1.29 is 4.79 Å². The first-order valence-electron chi connectivity index (χ1n) is 9.64. The number of nitrogens with one attached hydrogen (secondary N) is 1. The first kappa shape index (κ1) is 20.5. The number of hydrazone groups is 1. The van der Waals surface area contributed by atoms with Gasteiger partial charge in [-0.1, -0.05) is 53.4 Å². The lowest BCUT2D eigenvalue weighted by molar-refractivity contribution is -0.119. The molecular formula is C21H21Cl3N4O. The Balaban J connectivity index is 1.62. The second kappa shape index (κ2) is 8.92. The van der Waals surface area contributed by atoms with Gasteiger partial charge in [-0.2, -0.15) is 5.10 Å². The monoisotopic (exact) mass is 450 g/mol. The normalized spacial score (nSPS) is 19.9. The zero-order valence-corrected chi connectivity index (χ0v) is 18.0. The number of carbonyl (C=O) groups excluding carboxylic acids is 1. The summed E-state index contributed by atoms with van der Waals surface area (Å²) < 4.78 is 0. The smallest absolute Gasteiger partial charge is 0.281 e. The average Bonchev–Trinajstić information content (AvgIpc) is 3.14. The largest absolute Gasteiger partial charge is 0.284 e. The lowest BCUT2D eigenvalue weighted by atomic mass is 10.0. The Hall–Kier alpha value is -1.79. The first-order valence-corrected chi connectivity index (χ1v) is 10.8. The number of halogens is 3. The van der Waals surface area contributed by atoms with Crippen molar-refractivity contribution in [2.45, 2.75) is 31.7 Å². The number of carbonyl (C=O) groups is 1. The van der Waals surface area contributed by atoms with Gasteiger partial charge in [0, 0.05) is 29.6 Å². The summed E-state index contributed by atoms with van der Waals surface area (Å²) >= 11 is 18.6. The molecule has 0 radical (unpaired) electrons. The molecule has 0 aliphatic carbocycles. The molecule has 0 spiro atoms. The molecule has 1 atom stereocenters. The third kappa shape index (κ3) is 4.69. The van der Waals surface area contributed by atoms with Crippen LogP contribution < -0.4 is 10.4 Å². The summed E-state index contributed by atoms with van der Waals surface area (Å²) in [5, 5.41) is 10.1. The molecule has 0 aromatic heterocycles. The lowest BCUT2D eigenvalue weighted by Crippen LogP contribution is -2.47. The minimum absolute atomic E-state index is 0.159. The van der Waals surface area contributed by atoms with Crippen LogP contribution in [0.15, 0.2) is 47.6 Å². The van der Waals surface area contributed by atoms with Crippen LogP contribution in [0.3, 0.4) is 0 Å². The third-order valence-corrected chi connectivity index (χ3v) is 5.99. The molecule has 0 unspecified atom stereocenters. The Kier molecular flexibility index (Phi) is 6.30. The third-order valence-electron chi connectivity index (χ3n) is 5.20. The van der Waals surface area contributed by atoms with Gasteiger partial charge < -0.3 is 0 Å². The van der Waals surface area contributed by atoms with Crippen LogP contribution in [0.5, 0.6) is 0 Å². The second-order valence-electron chi connectivity index (χ2n) is 7.25. The number of benzene rings is 2. The number of hydrazine groups is 1. The highest BCUT2D eigenvalue weighted by Gasteiger charge is 2.34. The summed E-state index contributed by atoms with van der Waals surface area (Å²) in [7, 11) is 0. The fourth-order valence-corrected chi connectivity index (χ4v) is 4.32. The predicted molar refractivity (Wildman–Crippen MR) is 119 cm³/mol. The van der Waals surface area contributed by atoms with Gasteiger partial charge in [0.15, 0.2) is 0 Å². The Morgan fingerprint density at radius 1 is 0.966 bits per heavy atom. The van der Waals surface area contributed by atoms with E-state index in [1.807, 2.05) is 35.3 Å². The maximum atomic E-state index is 12.9. The van der Waals surface area contributed by atoms with Gasteiger partial charge in [0.1, 0.15) is 5.71 Å². The maximum Gasteiger partial charge on any atom is 0.281 e. The van der Waals surface area contributed by atoms with Crippen LogP contribution in [-0.4, -0.2) is 29.7 Å². The van der Waals surface area contributed by atoms with Crippen LogP contribution in [0.2, 0.25) is 15.1 Å². The van der Waals surface area contributed by atoms with E-state index in [4.69, 9.17) is 34.8 Å². The summed E-state index contributed by atoms with van der Waals surface area (Å²) in [6, 6.07) is 12.7. The van der Waals surface area contributed by atoms with Crippen LogP contribution in [0, 0.1) is 0 Å². The van der Waals surface area contributed by atoms with Crippen molar-refractivity contribution in [1.82, 2.24) is 10.4 Å². The summed E-state index contributed by atoms with van der Waals surface area (Å²) in [6.07, 6.45) is 3.86. The lowest BCUT2D eigenvalue weighted by Gasteiger charge is -2.26. The van der Waals surface area contributed by atoms with E-state index >= 15 is 0 Å². The molecule has 1 saturated heterocycles. The maximum absolute atomic E-state index is 12.9. The van der Waals surface area contributed by atoms with E-state index in [0.29, 0.717) is 32.9 Å². The number of rotatable bonds is 4. The fourth-order valence-electron chi connectivity index (χ4n) is 3.69. The molecule has 8 heteroatoms. The Labute approximate surface area is 185 Å². The minimum Gasteiger partial charge on any atom is -0.284 e. The molecule has 2 aromatic rings. The highest BCUT2D eigenvalue weighted by atomic mass is 35.5. The molecule has 1 fully saturated rings. The molecule has 2 heterocycles. The van der Waals surface area contributed by atoms with Crippen molar-refractivity contribution in [2.75, 3.05) is 18.1 Å². The molecule has 4 rings (SSSR count). The van der Waals surface area contributed by atoms with Gasteiger partial charge >= 0.3 is 0 Å². The molecule has 29 heavy (non-hydrogen) atoms. The fraction of sp³-hybridized carbons (Fsp3) is 0.333. The summed E-state index contributed by atoms with van der Waals surface area (Å²) in [4.78, 5) is 12.9. The highest BCUT2D eigenvalue weighted by Crippen LogP contribution is 2.39. The Morgan fingerprint density at radius 2 is 1.66 bits per heavy atom. The zero-order valence-electron chi connectivity index (χ0n) is 15.7. The summed E-state index contributed by atoms with van der Waals surface area (Å²) in [5.74, 6) is -0.168. The van der Waals surface area contributed by atoms with Gasteiger partial charge in [-0.05, 0) is 48.7 Å². The molecule has 0 saturated carbocycles. The SMILES string of the molecule is O=C(NN1CCCCC1)C1=NN(c2ccc(Cl)cc2Cl)[C@H](c2ccc(Cl)cc2)C1. The van der Waals surface area contributed by atoms with Crippen molar-refractivity contribution in [1.29, 1.82) is 0 Å². The van der Waals surface area contributed by atoms with E-state index in [1.165, 1.54) is 6.42 Å². The van der Waals surface area contributed by atoms with E-state index in [0.717, 1.165) is 31.5 Å². The van der Waals surface area contributed by atoms with Gasteiger partial charge in [0.25, 0.3) is 5.91 Å². The highest BCUT2D eigenvalue weighted by molar-refractivity contribution is 6.40. The number of hydrogen-bond donors (Lipinski definition) is 1. The molecule has 1 amide bonds. The molecule has 0 bridgehead atoms. The number of nitrogens with zero attached hydrogens (tertiary/aromatic N) is 3. The van der Waals surface area contributed by atoms with Crippen molar-refractivity contribution in [2.24, 2.45) is 5.10 Å². The molecule has 5 nitrogen and oxygen atoms in total. The van der Waals surface area contributed by atoms with Crippen LogP contribution >= 0.6 is 34.8 Å². The summed E-state index contributed by atoms with van der Waals surface area (Å²) in [5.41, 5.74) is 5.18. The van der Waals surface area contributed by atoms with E-state index < -0.39 is 0 Å². The van der Waals surface area contributed by atoms with Gasteiger partial charge in [-0.3, -0.25) is 15.2 Å². The van der Waals surface area contributed by atoms with Crippen LogP contribution in [-0.2, 0) is 4.79 Å². The van der Waals surface area contributed by atoms with Crippen LogP contribution in [0.25, 0.3) is 0 Å². The molecule has 2 aliphatic heterocycles. The van der Waals surface area contributed by atoms with Crippen molar-refractivity contribution in [3.63, 3.8) is 0 Å². The first-order chi connectivity index (χ1) is 14.0. The molecular weight excluding hydrogens is 431 g/mol. The molecule has 152 valence electrons. The van der Waals surface area contributed by atoms with Crippen LogP contribution in [0.1, 0.15) is 37.3 Å². The number of hydrogen-bond acceptors (Lipinski definition) is 4. The molecule has 1 N–H and O–H groups in total. The minimum atomic E-state index is -0.168. The van der Waals surface area contributed by atoms with Crippen LogP contribution in [0.4, 0.5) is 5.69 Å². The zero-order chi connectivity index (χ0) is 20.4. The van der Waals surface area contributed by atoms with Crippen molar-refractivity contribution >= 4 is 52.1 Å². The van der Waals surface area contributed by atoms with Gasteiger partial charge in [-0.15, -0.1) is 0 Å². The Morgan fingerprint density at radius 3 is 2.34 bits per heavy atom. The van der Waals surface area contributed by atoms with Gasteiger partial charge in [0.05, 0.1) is 16.8 Å². The average molecular weight is 452 g/mol.